The number of nitrogen functional groups attached to an aromatic ring is 1. The molecule has 2 N–H and O–H groups in total. The highest BCUT2D eigenvalue weighted by Gasteiger charge is 2.25. The first kappa shape index (κ1) is 14.8. The van der Waals surface area contributed by atoms with Gasteiger partial charge in [-0.05, 0) is 25.5 Å². The molecule has 2 rings (SSSR count). The van der Waals surface area contributed by atoms with Gasteiger partial charge in [0.2, 0.25) is 0 Å². The zero-order valence-electron chi connectivity index (χ0n) is 11.9. The molecular weight excluding hydrogens is 274 g/mol. The highest BCUT2D eigenvalue weighted by atomic mass is 16.5. The van der Waals surface area contributed by atoms with Crippen LogP contribution in [0.5, 0.6) is 0 Å². The lowest BCUT2D eigenvalue weighted by atomic mass is 10.2. The van der Waals surface area contributed by atoms with Crippen LogP contribution in [0.1, 0.15) is 36.7 Å². The van der Waals surface area contributed by atoms with E-state index >= 15 is 0 Å². The van der Waals surface area contributed by atoms with Gasteiger partial charge in [-0.2, -0.15) is 5.10 Å². The van der Waals surface area contributed by atoms with E-state index in [1.165, 1.54) is 10.9 Å². The fraction of sp³-hybridized carbons (Fsp3) is 0.357. The van der Waals surface area contributed by atoms with Crippen molar-refractivity contribution in [1.29, 1.82) is 0 Å². The minimum absolute atomic E-state index is 0.109. The molecule has 1 unspecified atom stereocenters. The number of hydrogen-bond donors (Lipinski definition) is 1. The average molecular weight is 291 g/mol. The van der Waals surface area contributed by atoms with Crippen molar-refractivity contribution < 1.29 is 18.7 Å². The SMILES string of the molecule is CCCOC(=O)C(C)n1nc(-c2ccco2)c(C=O)c1N. The minimum atomic E-state index is -0.723. The van der Waals surface area contributed by atoms with Gasteiger partial charge in [0.25, 0.3) is 0 Å². The second kappa shape index (κ2) is 6.25. The van der Waals surface area contributed by atoms with Crippen molar-refractivity contribution >= 4 is 18.1 Å². The second-order valence-electron chi connectivity index (χ2n) is 4.53. The van der Waals surface area contributed by atoms with Gasteiger partial charge in [-0.25, -0.2) is 9.48 Å². The summed E-state index contributed by atoms with van der Waals surface area (Å²) in [6.45, 7) is 3.84. The highest BCUT2D eigenvalue weighted by molar-refractivity contribution is 5.91. The van der Waals surface area contributed by atoms with Gasteiger partial charge in [-0.3, -0.25) is 4.79 Å². The average Bonchev–Trinajstić information content (AvgIpc) is 3.11. The van der Waals surface area contributed by atoms with Gasteiger partial charge < -0.3 is 14.9 Å². The normalized spacial score (nSPS) is 12.1. The van der Waals surface area contributed by atoms with Gasteiger partial charge in [0.05, 0.1) is 18.4 Å². The van der Waals surface area contributed by atoms with E-state index < -0.39 is 12.0 Å². The lowest BCUT2D eigenvalue weighted by molar-refractivity contribution is -0.147. The van der Waals surface area contributed by atoms with Gasteiger partial charge in [-0.1, -0.05) is 6.92 Å². The van der Waals surface area contributed by atoms with Crippen molar-refractivity contribution in [3.8, 4) is 11.5 Å². The Hall–Kier alpha value is -2.57. The van der Waals surface area contributed by atoms with Crippen LogP contribution in [-0.2, 0) is 9.53 Å². The molecule has 2 aromatic heterocycles. The monoisotopic (exact) mass is 291 g/mol. The van der Waals surface area contributed by atoms with Crippen LogP contribution in [0.15, 0.2) is 22.8 Å². The summed E-state index contributed by atoms with van der Waals surface area (Å²) in [4.78, 5) is 23.1. The third-order valence-corrected chi connectivity index (χ3v) is 3.01. The van der Waals surface area contributed by atoms with Crippen molar-refractivity contribution in [2.24, 2.45) is 0 Å². The molecule has 0 fully saturated rings. The Balaban J connectivity index is 2.37. The number of anilines is 1. The molecule has 0 aromatic carbocycles. The van der Waals surface area contributed by atoms with Crippen LogP contribution in [0.3, 0.4) is 0 Å². The lowest BCUT2D eigenvalue weighted by Gasteiger charge is -2.12. The molecule has 0 aliphatic carbocycles. The fourth-order valence-electron chi connectivity index (χ4n) is 1.89. The number of furan rings is 1. The van der Waals surface area contributed by atoms with Gasteiger partial charge in [0.15, 0.2) is 12.0 Å². The number of nitrogens with two attached hydrogens (primary N) is 1. The molecule has 0 bridgehead atoms. The van der Waals surface area contributed by atoms with Gasteiger partial charge in [0, 0.05) is 0 Å². The molecule has 7 nitrogen and oxygen atoms in total. The topological polar surface area (TPSA) is 100 Å². The van der Waals surface area contributed by atoms with E-state index in [0.717, 1.165) is 6.42 Å². The molecule has 7 heteroatoms. The number of nitrogens with zero attached hydrogens (tertiary/aromatic N) is 2. The number of esters is 1. The predicted octanol–water partition coefficient (Wildman–Crippen LogP) is 2.05. The number of carbonyl (C=O) groups excluding carboxylic acids is 2. The zero-order chi connectivity index (χ0) is 15.4. The molecule has 0 radical (unpaired) electrons. The van der Waals surface area contributed by atoms with E-state index in [4.69, 9.17) is 14.9 Å². The molecular formula is C14H17N3O4. The molecule has 2 heterocycles. The molecule has 112 valence electrons. The Morgan fingerprint density at radius 1 is 1.62 bits per heavy atom. The third kappa shape index (κ3) is 2.81. The van der Waals surface area contributed by atoms with E-state index in [1.807, 2.05) is 6.92 Å². The maximum atomic E-state index is 11.9. The first-order chi connectivity index (χ1) is 10.1. The van der Waals surface area contributed by atoms with Crippen LogP contribution in [-0.4, -0.2) is 28.6 Å². The molecule has 0 aliphatic heterocycles. The smallest absolute Gasteiger partial charge is 0.330 e. The summed E-state index contributed by atoms with van der Waals surface area (Å²) >= 11 is 0. The summed E-state index contributed by atoms with van der Waals surface area (Å²) in [5.74, 6) is 0.0727. The summed E-state index contributed by atoms with van der Waals surface area (Å²) in [7, 11) is 0. The van der Waals surface area contributed by atoms with Crippen molar-refractivity contribution in [3.05, 3.63) is 24.0 Å². The van der Waals surface area contributed by atoms with Crippen molar-refractivity contribution in [3.63, 3.8) is 0 Å². The second-order valence-corrected chi connectivity index (χ2v) is 4.53. The predicted molar refractivity (Wildman–Crippen MR) is 75.7 cm³/mol. The lowest BCUT2D eigenvalue weighted by Crippen LogP contribution is -2.22. The van der Waals surface area contributed by atoms with Crippen molar-refractivity contribution in [2.45, 2.75) is 26.3 Å². The Morgan fingerprint density at radius 2 is 2.38 bits per heavy atom. The van der Waals surface area contributed by atoms with Crippen molar-refractivity contribution in [2.75, 3.05) is 12.3 Å². The summed E-state index contributed by atoms with van der Waals surface area (Å²) in [5, 5.41) is 4.22. The Bertz CT molecular complexity index is 631. The standard InChI is InChI=1S/C14H17N3O4/c1-3-6-21-14(19)9(2)17-13(15)10(8-18)12(16-17)11-5-4-7-20-11/h4-5,7-9H,3,6,15H2,1-2H3. The number of aldehydes is 1. The molecule has 1 atom stereocenters. The number of carbonyl (C=O) groups is 2. The van der Waals surface area contributed by atoms with Gasteiger partial charge in [-0.15, -0.1) is 0 Å². The Labute approximate surface area is 121 Å². The van der Waals surface area contributed by atoms with Crippen LogP contribution in [0, 0.1) is 0 Å². The molecule has 0 aliphatic rings. The summed E-state index contributed by atoms with van der Waals surface area (Å²) < 4.78 is 11.6. The maximum Gasteiger partial charge on any atom is 0.330 e. The highest BCUT2D eigenvalue weighted by Crippen LogP contribution is 2.28. The summed E-state index contributed by atoms with van der Waals surface area (Å²) in [6.07, 6.45) is 2.79. The van der Waals surface area contributed by atoms with Crippen LogP contribution in [0.25, 0.3) is 11.5 Å². The molecule has 2 aromatic rings. The molecule has 21 heavy (non-hydrogen) atoms. The summed E-state index contributed by atoms with van der Waals surface area (Å²) in [5.41, 5.74) is 6.41. The van der Waals surface area contributed by atoms with E-state index in [0.29, 0.717) is 24.3 Å². The van der Waals surface area contributed by atoms with E-state index in [-0.39, 0.29) is 11.4 Å². The molecule has 0 saturated carbocycles. The van der Waals surface area contributed by atoms with Crippen LogP contribution < -0.4 is 5.73 Å². The summed E-state index contributed by atoms with van der Waals surface area (Å²) in [6, 6.07) is 2.62. The Morgan fingerprint density at radius 3 is 2.95 bits per heavy atom. The third-order valence-electron chi connectivity index (χ3n) is 3.01. The quantitative estimate of drug-likeness (QED) is 0.645. The first-order valence-electron chi connectivity index (χ1n) is 6.63. The minimum Gasteiger partial charge on any atom is -0.464 e. The van der Waals surface area contributed by atoms with Crippen LogP contribution in [0.2, 0.25) is 0 Å². The number of hydrogen-bond acceptors (Lipinski definition) is 6. The molecule has 0 saturated heterocycles. The van der Waals surface area contributed by atoms with Crippen LogP contribution in [0.4, 0.5) is 5.82 Å². The van der Waals surface area contributed by atoms with Crippen LogP contribution >= 0.6 is 0 Å². The largest absolute Gasteiger partial charge is 0.464 e. The Kier molecular flexibility index (Phi) is 4.42. The molecule has 0 amide bonds. The van der Waals surface area contributed by atoms with E-state index in [2.05, 4.69) is 5.10 Å². The van der Waals surface area contributed by atoms with Gasteiger partial charge >= 0.3 is 5.97 Å². The zero-order valence-corrected chi connectivity index (χ0v) is 11.9. The van der Waals surface area contributed by atoms with E-state index in [9.17, 15) is 9.59 Å². The molecule has 0 spiro atoms. The van der Waals surface area contributed by atoms with Gasteiger partial charge in [0.1, 0.15) is 17.6 Å². The van der Waals surface area contributed by atoms with Crippen molar-refractivity contribution in [1.82, 2.24) is 9.78 Å². The maximum absolute atomic E-state index is 11.9. The number of aromatic nitrogens is 2. The fourth-order valence-corrected chi connectivity index (χ4v) is 1.89. The van der Waals surface area contributed by atoms with E-state index in [1.54, 1.807) is 19.1 Å². The number of rotatable bonds is 6. The first-order valence-corrected chi connectivity index (χ1v) is 6.63. The number of ether oxygens (including phenoxy) is 1.